The highest BCUT2D eigenvalue weighted by atomic mass is 79.9. The minimum atomic E-state index is -0.403. The van der Waals surface area contributed by atoms with Crippen LogP contribution in [0.25, 0.3) is 0 Å². The number of hydrogen-bond acceptors (Lipinski definition) is 4. The molecule has 1 heterocycles. The molecule has 1 aromatic heterocycles. The van der Waals surface area contributed by atoms with Crippen molar-refractivity contribution in [1.82, 2.24) is 4.98 Å². The van der Waals surface area contributed by atoms with Crippen LogP contribution in [0.15, 0.2) is 47.1 Å². The average molecular weight is 308 g/mol. The highest BCUT2D eigenvalue weighted by Crippen LogP contribution is 2.20. The second kappa shape index (κ2) is 5.59. The number of nitro groups is 1. The summed E-state index contributed by atoms with van der Waals surface area (Å²) >= 11 is 3.37. The monoisotopic (exact) mass is 307 g/mol. The Labute approximate surface area is 112 Å². The van der Waals surface area contributed by atoms with E-state index in [2.05, 4.69) is 26.2 Å². The van der Waals surface area contributed by atoms with Gasteiger partial charge in [-0.3, -0.25) is 10.1 Å². The van der Waals surface area contributed by atoms with E-state index in [0.717, 1.165) is 10.0 Å². The number of non-ortho nitro benzene ring substituents is 1. The topological polar surface area (TPSA) is 68.1 Å². The summed E-state index contributed by atoms with van der Waals surface area (Å²) in [6.45, 7) is 0.483. The summed E-state index contributed by atoms with van der Waals surface area (Å²) in [5.41, 5.74) is 0.927. The summed E-state index contributed by atoms with van der Waals surface area (Å²) in [4.78, 5) is 14.4. The van der Waals surface area contributed by atoms with Crippen LogP contribution < -0.4 is 5.32 Å². The van der Waals surface area contributed by atoms with Crippen LogP contribution in [0.3, 0.4) is 0 Å². The van der Waals surface area contributed by atoms with E-state index < -0.39 is 4.92 Å². The molecule has 2 rings (SSSR count). The van der Waals surface area contributed by atoms with Crippen LogP contribution in [0.5, 0.6) is 0 Å². The van der Waals surface area contributed by atoms with Crippen molar-refractivity contribution in [2.24, 2.45) is 0 Å². The van der Waals surface area contributed by atoms with Crippen molar-refractivity contribution in [3.63, 3.8) is 0 Å². The lowest BCUT2D eigenvalue weighted by molar-refractivity contribution is -0.384. The lowest BCUT2D eigenvalue weighted by Gasteiger charge is -2.06. The SMILES string of the molecule is O=[N+]([O-])c1cccc(CNc2ncccc2Br)c1. The zero-order valence-corrected chi connectivity index (χ0v) is 10.9. The van der Waals surface area contributed by atoms with Crippen molar-refractivity contribution in [3.8, 4) is 0 Å². The molecule has 0 atom stereocenters. The first kappa shape index (κ1) is 12.5. The van der Waals surface area contributed by atoms with E-state index in [9.17, 15) is 10.1 Å². The molecule has 0 saturated heterocycles. The van der Waals surface area contributed by atoms with Gasteiger partial charge in [-0.15, -0.1) is 0 Å². The number of benzene rings is 1. The number of anilines is 1. The Balaban J connectivity index is 2.09. The molecule has 92 valence electrons. The van der Waals surface area contributed by atoms with Crippen LogP contribution in [0.1, 0.15) is 5.56 Å². The molecule has 0 amide bonds. The summed E-state index contributed by atoms with van der Waals surface area (Å²) in [5, 5.41) is 13.8. The van der Waals surface area contributed by atoms with Gasteiger partial charge < -0.3 is 5.32 Å². The van der Waals surface area contributed by atoms with Gasteiger partial charge in [0.15, 0.2) is 0 Å². The Bertz CT molecular complexity index is 575. The molecule has 6 heteroatoms. The van der Waals surface area contributed by atoms with Crippen LogP contribution in [0.2, 0.25) is 0 Å². The van der Waals surface area contributed by atoms with Crippen molar-refractivity contribution in [2.45, 2.75) is 6.54 Å². The van der Waals surface area contributed by atoms with E-state index in [-0.39, 0.29) is 5.69 Å². The van der Waals surface area contributed by atoms with Gasteiger partial charge in [0.05, 0.1) is 9.40 Å². The third-order valence-electron chi connectivity index (χ3n) is 2.34. The summed E-state index contributed by atoms with van der Waals surface area (Å²) in [5.74, 6) is 0.712. The first-order valence-electron chi connectivity index (χ1n) is 5.24. The maximum absolute atomic E-state index is 10.6. The number of rotatable bonds is 4. The zero-order chi connectivity index (χ0) is 13.0. The smallest absolute Gasteiger partial charge is 0.269 e. The Kier molecular flexibility index (Phi) is 3.88. The van der Waals surface area contributed by atoms with E-state index >= 15 is 0 Å². The van der Waals surface area contributed by atoms with Crippen LogP contribution in [0.4, 0.5) is 11.5 Å². The molecule has 0 fully saturated rings. The van der Waals surface area contributed by atoms with Crippen molar-refractivity contribution in [3.05, 3.63) is 62.7 Å². The maximum Gasteiger partial charge on any atom is 0.269 e. The summed E-state index contributed by atoms with van der Waals surface area (Å²) in [6, 6.07) is 10.2. The number of nitrogens with one attached hydrogen (secondary N) is 1. The molecule has 0 unspecified atom stereocenters. The number of nitrogens with zero attached hydrogens (tertiary/aromatic N) is 2. The van der Waals surface area contributed by atoms with Crippen molar-refractivity contribution >= 4 is 27.4 Å². The van der Waals surface area contributed by atoms with Crippen molar-refractivity contribution in [1.29, 1.82) is 0 Å². The van der Waals surface area contributed by atoms with Gasteiger partial charge in [0.25, 0.3) is 5.69 Å². The van der Waals surface area contributed by atoms with Crippen LogP contribution in [-0.2, 0) is 6.54 Å². The normalized spacial score (nSPS) is 10.1. The molecule has 0 bridgehead atoms. The van der Waals surface area contributed by atoms with Crippen LogP contribution in [-0.4, -0.2) is 9.91 Å². The standard InChI is InChI=1S/C12H10BrN3O2/c13-11-5-2-6-14-12(11)15-8-9-3-1-4-10(7-9)16(17)18/h1-7H,8H2,(H,14,15). The Morgan fingerprint density at radius 2 is 2.17 bits per heavy atom. The molecular weight excluding hydrogens is 298 g/mol. The predicted octanol–water partition coefficient (Wildman–Crippen LogP) is 3.36. The summed E-state index contributed by atoms with van der Waals surface area (Å²) in [7, 11) is 0. The lowest BCUT2D eigenvalue weighted by Crippen LogP contribution is -2.02. The van der Waals surface area contributed by atoms with Gasteiger partial charge in [0.1, 0.15) is 5.82 Å². The second-order valence-corrected chi connectivity index (χ2v) is 4.47. The number of nitro benzene ring substituents is 1. The van der Waals surface area contributed by atoms with E-state index in [4.69, 9.17) is 0 Å². The van der Waals surface area contributed by atoms with Gasteiger partial charge in [-0.05, 0) is 33.6 Å². The van der Waals surface area contributed by atoms with Gasteiger partial charge in [0, 0.05) is 24.9 Å². The second-order valence-electron chi connectivity index (χ2n) is 3.61. The Morgan fingerprint density at radius 3 is 2.89 bits per heavy atom. The Morgan fingerprint density at radius 1 is 1.33 bits per heavy atom. The summed E-state index contributed by atoms with van der Waals surface area (Å²) in [6.07, 6.45) is 1.68. The third-order valence-corrected chi connectivity index (χ3v) is 2.98. The molecule has 0 spiro atoms. The molecular formula is C12H10BrN3O2. The third kappa shape index (κ3) is 3.04. The fraction of sp³-hybridized carbons (Fsp3) is 0.0833. The molecule has 1 N–H and O–H groups in total. The van der Waals surface area contributed by atoms with Gasteiger partial charge >= 0.3 is 0 Å². The number of hydrogen-bond donors (Lipinski definition) is 1. The van der Waals surface area contributed by atoms with Crippen molar-refractivity contribution < 1.29 is 4.92 Å². The number of pyridine rings is 1. The van der Waals surface area contributed by atoms with Gasteiger partial charge in [-0.25, -0.2) is 4.98 Å². The van der Waals surface area contributed by atoms with Gasteiger partial charge in [0.2, 0.25) is 0 Å². The fourth-order valence-corrected chi connectivity index (χ4v) is 1.88. The highest BCUT2D eigenvalue weighted by molar-refractivity contribution is 9.10. The first-order valence-corrected chi connectivity index (χ1v) is 6.04. The molecule has 0 aliphatic carbocycles. The quantitative estimate of drug-likeness (QED) is 0.694. The summed E-state index contributed by atoms with van der Waals surface area (Å²) < 4.78 is 0.857. The lowest BCUT2D eigenvalue weighted by atomic mass is 10.2. The average Bonchev–Trinajstić information content (AvgIpc) is 2.38. The Hall–Kier alpha value is -1.95. The zero-order valence-electron chi connectivity index (χ0n) is 9.34. The fourth-order valence-electron chi connectivity index (χ4n) is 1.48. The maximum atomic E-state index is 10.6. The van der Waals surface area contributed by atoms with E-state index in [1.807, 2.05) is 18.2 Å². The number of aromatic nitrogens is 1. The first-order chi connectivity index (χ1) is 8.66. The molecule has 0 aliphatic heterocycles. The van der Waals surface area contributed by atoms with E-state index in [1.54, 1.807) is 18.3 Å². The largest absolute Gasteiger partial charge is 0.365 e. The van der Waals surface area contributed by atoms with E-state index in [0.29, 0.717) is 12.4 Å². The highest BCUT2D eigenvalue weighted by Gasteiger charge is 2.06. The molecule has 2 aromatic rings. The minimum absolute atomic E-state index is 0.0920. The molecule has 1 aromatic carbocycles. The predicted molar refractivity (Wildman–Crippen MR) is 72.4 cm³/mol. The molecule has 18 heavy (non-hydrogen) atoms. The molecule has 5 nitrogen and oxygen atoms in total. The molecule has 0 aliphatic rings. The van der Waals surface area contributed by atoms with E-state index in [1.165, 1.54) is 6.07 Å². The van der Waals surface area contributed by atoms with Crippen molar-refractivity contribution in [2.75, 3.05) is 5.32 Å². The van der Waals surface area contributed by atoms with Gasteiger partial charge in [-0.2, -0.15) is 0 Å². The number of halogens is 1. The van der Waals surface area contributed by atoms with Crippen LogP contribution in [0, 0.1) is 10.1 Å². The minimum Gasteiger partial charge on any atom is -0.365 e. The molecule has 0 radical (unpaired) electrons. The molecule has 0 saturated carbocycles. The van der Waals surface area contributed by atoms with Gasteiger partial charge in [-0.1, -0.05) is 12.1 Å². The van der Waals surface area contributed by atoms with Crippen LogP contribution >= 0.6 is 15.9 Å².